The van der Waals surface area contributed by atoms with Crippen LogP contribution in [0.1, 0.15) is 12.0 Å². The summed E-state index contributed by atoms with van der Waals surface area (Å²) in [4.78, 5) is 0. The molecule has 2 atom stereocenters. The highest BCUT2D eigenvalue weighted by molar-refractivity contribution is 5.64. The molecular weight excluding hydrogens is 338 g/mol. The average molecular weight is 361 g/mol. The molecule has 27 heavy (non-hydrogen) atoms. The van der Waals surface area contributed by atoms with Crippen molar-refractivity contribution in [3.8, 4) is 22.6 Å². The fourth-order valence-electron chi connectivity index (χ4n) is 3.22. The zero-order valence-electron chi connectivity index (χ0n) is 15.2. The largest absolute Gasteiger partial charge is 0.491 e. The minimum atomic E-state index is 0.284. The van der Waals surface area contributed by atoms with Crippen molar-refractivity contribution in [1.82, 2.24) is 4.57 Å². The first-order valence-corrected chi connectivity index (χ1v) is 9.57. The summed E-state index contributed by atoms with van der Waals surface area (Å²) in [5, 5.41) is 0. The van der Waals surface area contributed by atoms with Gasteiger partial charge in [-0.3, -0.25) is 0 Å². The van der Waals surface area contributed by atoms with Gasteiger partial charge in [0.15, 0.2) is 0 Å². The standard InChI is InChI=1S/C23H23NO3/c1-6-20(7-2-17(1)3-8-22-14-26-22)24-12-11-19(13-24)18-4-9-21(10-5-18)25-15-23-16-27-23/h1-2,4-7,9-13,22-23H,3,8,14-16H2. The molecule has 2 aromatic carbocycles. The van der Waals surface area contributed by atoms with Gasteiger partial charge in [-0.25, -0.2) is 0 Å². The molecule has 0 bridgehead atoms. The molecule has 2 unspecified atom stereocenters. The third-order valence-electron chi connectivity index (χ3n) is 5.11. The van der Waals surface area contributed by atoms with Gasteiger partial charge in [0.2, 0.25) is 0 Å². The third kappa shape index (κ3) is 4.24. The molecule has 2 aliphatic heterocycles. The minimum absolute atomic E-state index is 0.284. The maximum atomic E-state index is 5.71. The van der Waals surface area contributed by atoms with Crippen LogP contribution in [0.3, 0.4) is 0 Å². The van der Waals surface area contributed by atoms with Crippen molar-refractivity contribution in [2.45, 2.75) is 25.0 Å². The van der Waals surface area contributed by atoms with Gasteiger partial charge < -0.3 is 18.8 Å². The summed E-state index contributed by atoms with van der Waals surface area (Å²) >= 11 is 0. The zero-order chi connectivity index (χ0) is 18.1. The summed E-state index contributed by atoms with van der Waals surface area (Å²) in [5.74, 6) is 0.890. The van der Waals surface area contributed by atoms with Crippen molar-refractivity contribution >= 4 is 0 Å². The lowest BCUT2D eigenvalue weighted by atomic mass is 10.1. The summed E-state index contributed by atoms with van der Waals surface area (Å²) in [6.45, 7) is 2.40. The summed E-state index contributed by atoms with van der Waals surface area (Å²) in [5.41, 5.74) is 4.93. The predicted molar refractivity (Wildman–Crippen MR) is 105 cm³/mol. The van der Waals surface area contributed by atoms with E-state index in [1.54, 1.807) is 0 Å². The monoisotopic (exact) mass is 361 g/mol. The molecule has 0 aliphatic carbocycles. The topological polar surface area (TPSA) is 39.2 Å². The van der Waals surface area contributed by atoms with Crippen molar-refractivity contribution in [3.05, 3.63) is 72.6 Å². The van der Waals surface area contributed by atoms with Crippen LogP contribution in [0.2, 0.25) is 0 Å². The summed E-state index contributed by atoms with van der Waals surface area (Å²) in [7, 11) is 0. The number of aromatic nitrogens is 1. The van der Waals surface area contributed by atoms with E-state index in [9.17, 15) is 0 Å². The molecule has 3 aromatic rings. The number of epoxide rings is 2. The van der Waals surface area contributed by atoms with Crippen LogP contribution in [-0.2, 0) is 15.9 Å². The number of ether oxygens (including phenoxy) is 3. The molecule has 2 saturated heterocycles. The van der Waals surface area contributed by atoms with Crippen LogP contribution in [0.15, 0.2) is 67.0 Å². The van der Waals surface area contributed by atoms with Crippen LogP contribution in [0.5, 0.6) is 5.75 Å². The Labute approximate surface area is 159 Å². The molecule has 0 saturated carbocycles. The van der Waals surface area contributed by atoms with E-state index >= 15 is 0 Å². The first-order valence-electron chi connectivity index (χ1n) is 9.57. The number of hydrogen-bond acceptors (Lipinski definition) is 3. The van der Waals surface area contributed by atoms with Gasteiger partial charge in [0, 0.05) is 18.1 Å². The Kier molecular flexibility index (Phi) is 4.44. The van der Waals surface area contributed by atoms with Crippen molar-refractivity contribution in [1.29, 1.82) is 0 Å². The summed E-state index contributed by atoms with van der Waals surface area (Å²) in [6.07, 6.45) is 7.27. The third-order valence-corrected chi connectivity index (χ3v) is 5.11. The molecule has 138 valence electrons. The molecular formula is C23H23NO3. The highest BCUT2D eigenvalue weighted by Gasteiger charge is 2.23. The second kappa shape index (κ2) is 7.22. The lowest BCUT2D eigenvalue weighted by Crippen LogP contribution is -2.03. The van der Waals surface area contributed by atoms with Crippen LogP contribution in [-0.4, -0.2) is 36.6 Å². The highest BCUT2D eigenvalue weighted by atomic mass is 16.6. The predicted octanol–water partition coefficient (Wildman–Crippen LogP) is 4.25. The Hall–Kier alpha value is -2.56. The molecule has 1 aromatic heterocycles. The molecule has 0 amide bonds. The first-order chi connectivity index (χ1) is 13.3. The van der Waals surface area contributed by atoms with Crippen LogP contribution in [0.25, 0.3) is 16.8 Å². The highest BCUT2D eigenvalue weighted by Crippen LogP contribution is 2.25. The summed E-state index contributed by atoms with van der Waals surface area (Å²) < 4.78 is 18.3. The Balaban J connectivity index is 1.24. The fourth-order valence-corrected chi connectivity index (χ4v) is 3.22. The average Bonchev–Trinajstić information content (AvgIpc) is 3.65. The van der Waals surface area contributed by atoms with Gasteiger partial charge in [0.05, 0.1) is 19.3 Å². The smallest absolute Gasteiger partial charge is 0.119 e. The van der Waals surface area contributed by atoms with Crippen molar-refractivity contribution < 1.29 is 14.2 Å². The van der Waals surface area contributed by atoms with E-state index in [1.165, 1.54) is 22.4 Å². The molecule has 0 N–H and O–H groups in total. The lowest BCUT2D eigenvalue weighted by Gasteiger charge is -2.06. The van der Waals surface area contributed by atoms with Crippen LogP contribution in [0, 0.1) is 0 Å². The van der Waals surface area contributed by atoms with Gasteiger partial charge in [0.25, 0.3) is 0 Å². The van der Waals surface area contributed by atoms with Gasteiger partial charge in [-0.05, 0) is 59.9 Å². The van der Waals surface area contributed by atoms with Gasteiger partial charge in [-0.1, -0.05) is 24.3 Å². The Morgan fingerprint density at radius 3 is 2.30 bits per heavy atom. The molecule has 0 radical (unpaired) electrons. The van der Waals surface area contributed by atoms with Gasteiger partial charge in [0.1, 0.15) is 18.5 Å². The fraction of sp³-hybridized carbons (Fsp3) is 0.304. The quantitative estimate of drug-likeness (QED) is 0.563. The van der Waals surface area contributed by atoms with Gasteiger partial charge in [-0.2, -0.15) is 0 Å². The lowest BCUT2D eigenvalue weighted by molar-refractivity contribution is 0.263. The molecule has 4 nitrogen and oxygen atoms in total. The summed E-state index contributed by atoms with van der Waals surface area (Å²) in [6, 6.07) is 19.2. The van der Waals surface area contributed by atoms with Gasteiger partial charge in [-0.15, -0.1) is 0 Å². The number of aryl methyl sites for hydroxylation is 1. The number of nitrogens with zero attached hydrogens (tertiary/aromatic N) is 1. The maximum absolute atomic E-state index is 5.71. The Morgan fingerprint density at radius 2 is 1.59 bits per heavy atom. The molecule has 5 rings (SSSR count). The van der Waals surface area contributed by atoms with Crippen LogP contribution in [0.4, 0.5) is 0 Å². The number of benzene rings is 2. The molecule has 2 aliphatic rings. The molecule has 0 spiro atoms. The normalized spacial score (nSPS) is 20.4. The van der Waals surface area contributed by atoms with E-state index in [-0.39, 0.29) is 6.10 Å². The molecule has 2 fully saturated rings. The van der Waals surface area contributed by atoms with E-state index in [2.05, 4.69) is 59.4 Å². The van der Waals surface area contributed by atoms with Crippen LogP contribution < -0.4 is 4.74 Å². The van der Waals surface area contributed by atoms with Gasteiger partial charge >= 0.3 is 0 Å². The van der Waals surface area contributed by atoms with E-state index in [0.29, 0.717) is 12.7 Å². The maximum Gasteiger partial charge on any atom is 0.119 e. The molecule has 3 heterocycles. The number of rotatable bonds is 8. The van der Waals surface area contributed by atoms with Crippen molar-refractivity contribution in [2.75, 3.05) is 19.8 Å². The van der Waals surface area contributed by atoms with E-state index in [1.807, 2.05) is 12.1 Å². The van der Waals surface area contributed by atoms with Crippen molar-refractivity contribution in [2.24, 2.45) is 0 Å². The van der Waals surface area contributed by atoms with E-state index in [0.717, 1.165) is 31.8 Å². The Bertz CT molecular complexity index is 816. The molecule has 4 heteroatoms. The second-order valence-electron chi connectivity index (χ2n) is 7.26. The van der Waals surface area contributed by atoms with E-state index in [4.69, 9.17) is 14.2 Å². The number of hydrogen-bond donors (Lipinski definition) is 0. The second-order valence-corrected chi connectivity index (χ2v) is 7.26. The Morgan fingerprint density at radius 1 is 0.852 bits per heavy atom. The first kappa shape index (κ1) is 16.6. The minimum Gasteiger partial charge on any atom is -0.491 e. The zero-order valence-corrected chi connectivity index (χ0v) is 15.2. The van der Waals surface area contributed by atoms with Crippen molar-refractivity contribution in [3.63, 3.8) is 0 Å². The van der Waals surface area contributed by atoms with E-state index < -0.39 is 0 Å². The SMILES string of the molecule is c1cc(-n2ccc(-c3ccc(OCC4CO4)cc3)c2)ccc1CCC1CO1. The van der Waals surface area contributed by atoms with Crippen LogP contribution >= 0.6 is 0 Å².